The maximum absolute atomic E-state index is 13.3. The number of hydrogen-bond acceptors (Lipinski definition) is 2. The highest BCUT2D eigenvalue weighted by atomic mass is 19.1. The van der Waals surface area contributed by atoms with E-state index < -0.39 is 6.67 Å². The van der Waals surface area contributed by atoms with Crippen LogP contribution in [0.4, 0.5) is 4.39 Å². The Hall–Kier alpha value is -2.03. The fourth-order valence-corrected chi connectivity index (χ4v) is 4.92. The molecule has 3 atom stereocenters. The van der Waals surface area contributed by atoms with Gasteiger partial charge in [0.2, 0.25) is 0 Å². The largest absolute Gasteiger partial charge is 0.304 e. The molecular formula is C24H29FN2. The summed E-state index contributed by atoms with van der Waals surface area (Å²) in [4.78, 5) is 4.73. The Balaban J connectivity index is 1.78. The highest BCUT2D eigenvalue weighted by Gasteiger charge is 2.39. The molecule has 2 aliphatic carbocycles. The lowest BCUT2D eigenvalue weighted by Gasteiger charge is -2.38. The third-order valence-corrected chi connectivity index (χ3v) is 6.92. The maximum atomic E-state index is 13.3. The van der Waals surface area contributed by atoms with Gasteiger partial charge in [0.05, 0.1) is 0 Å². The predicted octanol–water partition coefficient (Wildman–Crippen LogP) is 6.19. The van der Waals surface area contributed by atoms with Crippen LogP contribution in [0.15, 0.2) is 36.5 Å². The maximum Gasteiger partial charge on any atom is 0.115 e. The van der Waals surface area contributed by atoms with Crippen molar-refractivity contribution < 1.29 is 4.39 Å². The van der Waals surface area contributed by atoms with Crippen molar-refractivity contribution in [2.75, 3.05) is 0 Å². The van der Waals surface area contributed by atoms with Crippen LogP contribution in [-0.4, -0.2) is 10.7 Å². The Morgan fingerprint density at radius 1 is 1.15 bits per heavy atom. The van der Waals surface area contributed by atoms with E-state index in [1.54, 1.807) is 0 Å². The van der Waals surface area contributed by atoms with Crippen LogP contribution in [-0.2, 0) is 13.1 Å². The highest BCUT2D eigenvalue weighted by Crippen LogP contribution is 2.49. The summed E-state index contributed by atoms with van der Waals surface area (Å²) in [6.45, 7) is 3.98. The van der Waals surface area contributed by atoms with Gasteiger partial charge < -0.3 is 5.41 Å². The second-order valence-electron chi connectivity index (χ2n) is 8.35. The van der Waals surface area contributed by atoms with Crippen LogP contribution in [0.2, 0.25) is 0 Å². The van der Waals surface area contributed by atoms with Crippen molar-refractivity contribution in [3.63, 3.8) is 0 Å². The van der Waals surface area contributed by atoms with E-state index in [2.05, 4.69) is 26.0 Å². The normalized spacial score (nSPS) is 25.6. The second kappa shape index (κ2) is 7.53. The lowest BCUT2D eigenvalue weighted by atomic mass is 9.67. The molecule has 0 bridgehead atoms. The van der Waals surface area contributed by atoms with Gasteiger partial charge in [-0.15, -0.1) is 0 Å². The smallest absolute Gasteiger partial charge is 0.115 e. The molecule has 142 valence electrons. The van der Waals surface area contributed by atoms with Crippen LogP contribution in [0.1, 0.15) is 79.3 Å². The summed E-state index contributed by atoms with van der Waals surface area (Å²) in [5, 5.41) is 8.99. The minimum Gasteiger partial charge on any atom is -0.304 e. The lowest BCUT2D eigenvalue weighted by Crippen LogP contribution is -2.27. The van der Waals surface area contributed by atoms with E-state index in [1.807, 2.05) is 24.4 Å². The quantitative estimate of drug-likeness (QED) is 0.645. The van der Waals surface area contributed by atoms with Gasteiger partial charge in [0.1, 0.15) is 6.67 Å². The van der Waals surface area contributed by atoms with E-state index in [4.69, 9.17) is 10.4 Å². The van der Waals surface area contributed by atoms with Gasteiger partial charge in [0.25, 0.3) is 0 Å². The standard InChI is InChI=1S/C24H29FN2/c1-3-16-8-10-23(27-14-16)22-12-20(18-5-4-6-18)15(2)21-11-17(13-25)7-9-19(21)24(22)26/h7-11,14-15,18,20,22,26H,3-6,12-13H2,1-2H3. The Kier molecular flexibility index (Phi) is 5.12. The second-order valence-corrected chi connectivity index (χ2v) is 8.35. The summed E-state index contributed by atoms with van der Waals surface area (Å²) in [6, 6.07) is 10.1. The molecule has 0 aliphatic heterocycles. The zero-order valence-corrected chi connectivity index (χ0v) is 16.3. The van der Waals surface area contributed by atoms with Crippen LogP contribution in [0.5, 0.6) is 0 Å². The summed E-state index contributed by atoms with van der Waals surface area (Å²) in [5.41, 5.74) is 5.78. The number of nitrogens with one attached hydrogen (secondary N) is 1. The third kappa shape index (κ3) is 3.33. The zero-order chi connectivity index (χ0) is 19.0. The summed E-state index contributed by atoms with van der Waals surface area (Å²) < 4.78 is 13.3. The van der Waals surface area contributed by atoms with E-state index in [0.717, 1.165) is 35.6 Å². The molecular weight excluding hydrogens is 335 g/mol. The van der Waals surface area contributed by atoms with E-state index in [9.17, 15) is 4.39 Å². The molecule has 3 heteroatoms. The number of nitrogens with zero attached hydrogens (tertiary/aromatic N) is 1. The first-order chi connectivity index (χ1) is 13.1. The zero-order valence-electron chi connectivity index (χ0n) is 16.3. The van der Waals surface area contributed by atoms with Gasteiger partial charge in [-0.2, -0.15) is 0 Å². The minimum atomic E-state index is -0.440. The number of pyridine rings is 1. The van der Waals surface area contributed by atoms with E-state index in [0.29, 0.717) is 17.5 Å². The summed E-state index contributed by atoms with van der Waals surface area (Å²) >= 11 is 0. The summed E-state index contributed by atoms with van der Waals surface area (Å²) in [6.07, 6.45) is 7.80. The first-order valence-corrected chi connectivity index (χ1v) is 10.3. The summed E-state index contributed by atoms with van der Waals surface area (Å²) in [7, 11) is 0. The molecule has 1 aromatic carbocycles. The first kappa shape index (κ1) is 18.3. The molecule has 2 aromatic rings. The highest BCUT2D eigenvalue weighted by molar-refractivity contribution is 6.04. The molecule has 1 saturated carbocycles. The van der Waals surface area contributed by atoms with E-state index in [1.165, 1.54) is 30.4 Å². The number of alkyl halides is 1. The summed E-state index contributed by atoms with van der Waals surface area (Å²) in [5.74, 6) is 1.65. The van der Waals surface area contributed by atoms with Crippen molar-refractivity contribution in [2.24, 2.45) is 11.8 Å². The van der Waals surface area contributed by atoms with Crippen molar-refractivity contribution >= 4 is 5.71 Å². The molecule has 0 saturated heterocycles. The molecule has 1 fully saturated rings. The number of fused-ring (bicyclic) bond motifs is 1. The van der Waals surface area contributed by atoms with Gasteiger partial charge in [0, 0.05) is 23.5 Å². The van der Waals surface area contributed by atoms with Gasteiger partial charge in [-0.1, -0.05) is 57.4 Å². The van der Waals surface area contributed by atoms with Crippen LogP contribution < -0.4 is 0 Å². The Labute approximate surface area is 161 Å². The number of rotatable bonds is 4. The number of benzene rings is 1. The van der Waals surface area contributed by atoms with Gasteiger partial charge in [-0.3, -0.25) is 4.98 Å². The predicted molar refractivity (Wildman–Crippen MR) is 108 cm³/mol. The molecule has 1 heterocycles. The molecule has 1 aromatic heterocycles. The van der Waals surface area contributed by atoms with Crippen LogP contribution in [0.3, 0.4) is 0 Å². The van der Waals surface area contributed by atoms with Crippen molar-refractivity contribution in [1.82, 2.24) is 4.98 Å². The first-order valence-electron chi connectivity index (χ1n) is 10.3. The Morgan fingerprint density at radius 2 is 1.93 bits per heavy atom. The number of hydrogen-bond donors (Lipinski definition) is 1. The topological polar surface area (TPSA) is 36.7 Å². The lowest BCUT2D eigenvalue weighted by molar-refractivity contribution is 0.171. The van der Waals surface area contributed by atoms with Gasteiger partial charge in [0.15, 0.2) is 0 Å². The molecule has 0 radical (unpaired) electrons. The average molecular weight is 365 g/mol. The fourth-order valence-electron chi connectivity index (χ4n) is 4.92. The van der Waals surface area contributed by atoms with E-state index >= 15 is 0 Å². The van der Waals surface area contributed by atoms with Gasteiger partial charge in [-0.25, -0.2) is 4.39 Å². The number of halogens is 1. The van der Waals surface area contributed by atoms with Crippen LogP contribution >= 0.6 is 0 Å². The molecule has 0 spiro atoms. The molecule has 1 N–H and O–H groups in total. The van der Waals surface area contributed by atoms with Gasteiger partial charge in [-0.05, 0) is 58.9 Å². The Bertz CT molecular complexity index is 823. The molecule has 2 aliphatic rings. The van der Waals surface area contributed by atoms with Crippen LogP contribution in [0.25, 0.3) is 0 Å². The SMILES string of the molecule is CCc1ccc(C2CC(C3CCC3)C(C)c3cc(CF)ccc3C2=N)nc1. The van der Waals surface area contributed by atoms with Crippen LogP contribution in [0, 0.1) is 17.2 Å². The van der Waals surface area contributed by atoms with E-state index in [-0.39, 0.29) is 5.92 Å². The van der Waals surface area contributed by atoms with Crippen molar-refractivity contribution in [3.05, 3.63) is 64.5 Å². The van der Waals surface area contributed by atoms with Crippen molar-refractivity contribution in [2.45, 2.75) is 64.5 Å². The third-order valence-electron chi connectivity index (χ3n) is 6.92. The van der Waals surface area contributed by atoms with Gasteiger partial charge >= 0.3 is 0 Å². The van der Waals surface area contributed by atoms with Crippen molar-refractivity contribution in [1.29, 1.82) is 5.41 Å². The fraction of sp³-hybridized carbons (Fsp3) is 0.500. The number of aryl methyl sites for hydroxylation is 1. The molecule has 4 rings (SSSR count). The molecule has 27 heavy (non-hydrogen) atoms. The molecule has 3 unspecified atom stereocenters. The molecule has 0 amide bonds. The van der Waals surface area contributed by atoms with Crippen molar-refractivity contribution in [3.8, 4) is 0 Å². The monoisotopic (exact) mass is 364 g/mol. The molecule has 2 nitrogen and oxygen atoms in total. The Morgan fingerprint density at radius 3 is 2.52 bits per heavy atom. The average Bonchev–Trinajstić information content (AvgIpc) is 2.77. The number of aromatic nitrogens is 1. The minimum absolute atomic E-state index is 0.0291.